The van der Waals surface area contributed by atoms with E-state index in [2.05, 4.69) is 4.74 Å². The molecule has 0 bridgehead atoms. The van der Waals surface area contributed by atoms with Crippen molar-refractivity contribution in [2.75, 3.05) is 6.61 Å². The molecule has 0 saturated heterocycles. The maximum atomic E-state index is 8.56. The Morgan fingerprint density at radius 1 is 1.88 bits per heavy atom. The first-order valence-electron chi connectivity index (χ1n) is 1.78. The number of ether oxygens (including phenoxy) is 1. The molecule has 48 valence electrons. The number of rotatable bonds is 0. The zero-order chi connectivity index (χ0) is 6.41. The summed E-state index contributed by atoms with van der Waals surface area (Å²) in [7, 11) is 0. The molecule has 4 nitrogen and oxygen atoms in total. The minimum absolute atomic E-state index is 0.819. The quantitative estimate of drug-likeness (QED) is 0.472. The molecule has 1 unspecified atom stereocenters. The van der Waals surface area contributed by atoms with E-state index in [-0.39, 0.29) is 0 Å². The van der Waals surface area contributed by atoms with E-state index in [1.165, 1.54) is 0 Å². The first-order chi connectivity index (χ1) is 3.73. The molecule has 1 atom stereocenters. The van der Waals surface area contributed by atoms with Crippen LogP contribution in [-0.2, 0) is 16.1 Å². The molecule has 0 amide bonds. The Labute approximate surface area is 49.3 Å². The highest BCUT2D eigenvalue weighted by atomic mass is 32.2. The first-order valence-corrected chi connectivity index (χ1v) is 2.81. The van der Waals surface area contributed by atoms with Gasteiger partial charge in [-0.2, -0.15) is 0 Å². The van der Waals surface area contributed by atoms with Crippen LogP contribution in [-0.4, -0.2) is 19.9 Å². The molecule has 1 aliphatic heterocycles. The molecule has 0 radical (unpaired) electrons. The number of hydrogen-bond donors (Lipinski definition) is 1. The summed E-state index contributed by atoms with van der Waals surface area (Å²) in [6.45, 7) is 0.819. The van der Waals surface area contributed by atoms with Gasteiger partial charge in [0.15, 0.2) is 0 Å². The topological polar surface area (TPSA) is 69.6 Å². The summed E-state index contributed by atoms with van der Waals surface area (Å²) in [6, 6.07) is 0. The Bertz CT molecular complexity index is 89.5. The summed E-state index contributed by atoms with van der Waals surface area (Å²) < 4.78 is 28.6. The van der Waals surface area contributed by atoms with Gasteiger partial charge < -0.3 is 13.8 Å². The lowest BCUT2D eigenvalue weighted by atomic mass is 10.6. The van der Waals surface area contributed by atoms with Crippen molar-refractivity contribution < 1.29 is 18.1 Å². The van der Waals surface area contributed by atoms with Crippen molar-refractivity contribution >= 4 is 11.4 Å². The highest BCUT2D eigenvalue weighted by Crippen LogP contribution is 1.87. The van der Waals surface area contributed by atoms with Gasteiger partial charge in [0, 0.05) is 0 Å². The van der Waals surface area contributed by atoms with Gasteiger partial charge in [0.05, 0.1) is 17.6 Å². The van der Waals surface area contributed by atoms with Crippen LogP contribution in [0.3, 0.4) is 0 Å². The molecule has 0 aromatic rings. The Morgan fingerprint density at radius 2 is 2.00 bits per heavy atom. The molecule has 8 heavy (non-hydrogen) atoms. The fourth-order valence-electron chi connectivity index (χ4n) is 0.0962. The van der Waals surface area contributed by atoms with Crippen LogP contribution in [0.15, 0.2) is 12.3 Å². The van der Waals surface area contributed by atoms with Crippen molar-refractivity contribution in [3.8, 4) is 0 Å². The predicted octanol–water partition coefficient (Wildman–Crippen LogP) is -0.131. The highest BCUT2D eigenvalue weighted by Gasteiger charge is 1.79. The van der Waals surface area contributed by atoms with Crippen molar-refractivity contribution in [3.05, 3.63) is 12.3 Å². The van der Waals surface area contributed by atoms with E-state index in [9.17, 15) is 0 Å². The predicted molar refractivity (Wildman–Crippen MR) is 26.6 cm³/mol. The second kappa shape index (κ2) is 4.76. The summed E-state index contributed by atoms with van der Waals surface area (Å²) >= 11 is -2.86. The smallest absolute Gasteiger partial charge is 0.109 e. The third-order valence-electron chi connectivity index (χ3n) is 0.385. The van der Waals surface area contributed by atoms with Crippen LogP contribution in [0, 0.1) is 0 Å². The molecule has 0 spiro atoms. The largest absolute Gasteiger partial charge is 0.750 e. The van der Waals surface area contributed by atoms with E-state index in [4.69, 9.17) is 13.3 Å². The molecule has 5 heteroatoms. The lowest BCUT2D eigenvalue weighted by Crippen LogP contribution is -1.89. The van der Waals surface area contributed by atoms with Crippen LogP contribution in [0.25, 0.3) is 0 Å². The first kappa shape index (κ1) is 7.61. The maximum Gasteiger partial charge on any atom is 0.109 e. The van der Waals surface area contributed by atoms with Gasteiger partial charge in [0.1, 0.15) is 6.61 Å². The van der Waals surface area contributed by atoms with Gasteiger partial charge in [0.25, 0.3) is 0 Å². The van der Waals surface area contributed by atoms with E-state index in [1.807, 2.05) is 6.08 Å². The molecule has 1 heterocycles. The Kier molecular flexibility index (Phi) is 4.53. The third-order valence-corrected chi connectivity index (χ3v) is 0.385. The highest BCUT2D eigenvalue weighted by molar-refractivity contribution is 7.73. The molecular weight excluding hydrogens is 132 g/mol. The Balaban J connectivity index is 0.000000122. The zero-order valence-electron chi connectivity index (χ0n) is 3.94. The van der Waals surface area contributed by atoms with Crippen LogP contribution in [0.1, 0.15) is 0 Å². The third kappa shape index (κ3) is 9.15. The average molecular weight is 137 g/mol. The van der Waals surface area contributed by atoms with E-state index in [1.54, 1.807) is 6.26 Å². The zero-order valence-corrected chi connectivity index (χ0v) is 4.76. The molecule has 0 aliphatic carbocycles. The van der Waals surface area contributed by atoms with Gasteiger partial charge in [-0.15, -0.1) is 0 Å². The SMILES string of the molecule is C1=COC1.O=S([O-])O. The molecular formula is C3H5O4S-. The fraction of sp³-hybridized carbons (Fsp3) is 0.333. The molecule has 0 saturated carbocycles. The molecule has 1 rings (SSSR count). The fourth-order valence-corrected chi connectivity index (χ4v) is 0.0962. The summed E-state index contributed by atoms with van der Waals surface area (Å²) in [5.74, 6) is 0. The molecule has 0 fully saturated rings. The standard InChI is InChI=1S/C3H4O.H2O3S/c1-2-4-3-1;1-4(2)3/h1-2H,3H2;(H2,1,2,3)/p-1. The molecule has 0 aromatic heterocycles. The van der Waals surface area contributed by atoms with Crippen LogP contribution in [0.5, 0.6) is 0 Å². The van der Waals surface area contributed by atoms with E-state index >= 15 is 0 Å². The van der Waals surface area contributed by atoms with Crippen molar-refractivity contribution in [1.29, 1.82) is 0 Å². The molecule has 1 N–H and O–H groups in total. The summed E-state index contributed by atoms with van der Waals surface area (Å²) in [4.78, 5) is 0. The van der Waals surface area contributed by atoms with Crippen molar-refractivity contribution in [2.24, 2.45) is 0 Å². The van der Waals surface area contributed by atoms with Gasteiger partial charge in [0.2, 0.25) is 0 Å². The van der Waals surface area contributed by atoms with Crippen molar-refractivity contribution in [1.82, 2.24) is 0 Å². The normalized spacial score (nSPS) is 16.8. The van der Waals surface area contributed by atoms with Gasteiger partial charge in [-0.25, -0.2) is 4.21 Å². The Morgan fingerprint density at radius 3 is 2.00 bits per heavy atom. The maximum absolute atomic E-state index is 8.56. The molecule has 1 aliphatic rings. The van der Waals surface area contributed by atoms with Crippen LogP contribution >= 0.6 is 0 Å². The van der Waals surface area contributed by atoms with Crippen LogP contribution in [0.4, 0.5) is 0 Å². The number of hydrogen-bond acceptors (Lipinski definition) is 3. The summed E-state index contributed by atoms with van der Waals surface area (Å²) in [5, 5.41) is 0. The molecule has 0 aromatic carbocycles. The average Bonchev–Trinajstić information content (AvgIpc) is 1.19. The van der Waals surface area contributed by atoms with Crippen molar-refractivity contribution in [2.45, 2.75) is 0 Å². The van der Waals surface area contributed by atoms with Gasteiger partial charge in [-0.3, -0.25) is 0 Å². The second-order valence-electron chi connectivity index (χ2n) is 0.922. The minimum Gasteiger partial charge on any atom is -0.750 e. The Hall–Kier alpha value is -0.390. The van der Waals surface area contributed by atoms with Gasteiger partial charge in [-0.05, 0) is 6.08 Å². The van der Waals surface area contributed by atoms with Gasteiger partial charge >= 0.3 is 0 Å². The summed E-state index contributed by atoms with van der Waals surface area (Å²) in [5.41, 5.74) is 0. The minimum atomic E-state index is -2.86. The van der Waals surface area contributed by atoms with E-state index < -0.39 is 11.4 Å². The lowest BCUT2D eigenvalue weighted by molar-refractivity contribution is 0.243. The van der Waals surface area contributed by atoms with Crippen LogP contribution in [0.2, 0.25) is 0 Å². The van der Waals surface area contributed by atoms with E-state index in [0.717, 1.165) is 6.61 Å². The monoisotopic (exact) mass is 137 g/mol. The summed E-state index contributed by atoms with van der Waals surface area (Å²) in [6.07, 6.45) is 3.64. The second-order valence-corrected chi connectivity index (χ2v) is 1.36. The van der Waals surface area contributed by atoms with E-state index in [0.29, 0.717) is 0 Å². The van der Waals surface area contributed by atoms with Gasteiger partial charge in [-0.1, -0.05) is 0 Å². The lowest BCUT2D eigenvalue weighted by Gasteiger charge is -1.99. The van der Waals surface area contributed by atoms with Crippen molar-refractivity contribution in [3.63, 3.8) is 0 Å². The van der Waals surface area contributed by atoms with Crippen LogP contribution < -0.4 is 0 Å².